The van der Waals surface area contributed by atoms with E-state index in [1.807, 2.05) is 12.1 Å². The van der Waals surface area contributed by atoms with E-state index in [0.29, 0.717) is 18.7 Å². The molecule has 2 aromatic carbocycles. The van der Waals surface area contributed by atoms with Gasteiger partial charge >= 0.3 is 0 Å². The number of amides is 1. The van der Waals surface area contributed by atoms with Crippen LogP contribution in [0.25, 0.3) is 0 Å². The van der Waals surface area contributed by atoms with Gasteiger partial charge in [0, 0.05) is 12.1 Å². The van der Waals surface area contributed by atoms with Crippen molar-refractivity contribution in [3.8, 4) is 0 Å². The number of rotatable bonds is 5. The van der Waals surface area contributed by atoms with Crippen LogP contribution in [0.1, 0.15) is 21.5 Å². The minimum absolute atomic E-state index is 0.165. The normalized spacial score (nSPS) is 10.5. The second kappa shape index (κ2) is 6.83. The smallest absolute Gasteiger partial charge is 0.251 e. The second-order valence-corrected chi connectivity index (χ2v) is 5.10. The number of halogens is 1. The van der Waals surface area contributed by atoms with Crippen LogP contribution in [0.5, 0.6) is 0 Å². The molecule has 0 fully saturated rings. The van der Waals surface area contributed by atoms with Gasteiger partial charge in [0.1, 0.15) is 18.5 Å². The molecule has 0 spiro atoms. The van der Waals surface area contributed by atoms with Crippen molar-refractivity contribution in [3.05, 3.63) is 83.7 Å². The van der Waals surface area contributed by atoms with Gasteiger partial charge in [-0.25, -0.2) is 14.1 Å². The predicted octanol–water partition coefficient (Wildman–Crippen LogP) is 2.40. The van der Waals surface area contributed by atoms with E-state index in [0.717, 1.165) is 11.1 Å². The number of hydrogen-bond acceptors (Lipinski definition) is 3. The standard InChI is InChI=1S/C17H15FN4O/c18-16-7-3-13(4-8-16)9-20-17(23)15-5-1-14(2-6-15)10-22-12-19-11-21-22/h1-8,11-12H,9-10H2,(H,20,23). The van der Waals surface area contributed by atoms with Gasteiger partial charge in [0.05, 0.1) is 6.54 Å². The lowest BCUT2D eigenvalue weighted by atomic mass is 10.1. The van der Waals surface area contributed by atoms with Crippen molar-refractivity contribution in [2.75, 3.05) is 0 Å². The Bertz CT molecular complexity index is 767. The molecule has 0 aliphatic carbocycles. The molecule has 0 atom stereocenters. The van der Waals surface area contributed by atoms with Crippen molar-refractivity contribution in [1.29, 1.82) is 0 Å². The molecule has 116 valence electrons. The first-order chi connectivity index (χ1) is 11.2. The first-order valence-corrected chi connectivity index (χ1v) is 7.15. The largest absolute Gasteiger partial charge is 0.348 e. The van der Waals surface area contributed by atoms with Crippen LogP contribution in [0.15, 0.2) is 61.2 Å². The lowest BCUT2D eigenvalue weighted by molar-refractivity contribution is 0.0951. The van der Waals surface area contributed by atoms with Gasteiger partial charge in [-0.1, -0.05) is 24.3 Å². The molecule has 0 aliphatic heterocycles. The van der Waals surface area contributed by atoms with Crippen molar-refractivity contribution in [3.63, 3.8) is 0 Å². The summed E-state index contributed by atoms with van der Waals surface area (Å²) in [5.74, 6) is -0.454. The Morgan fingerprint density at radius 1 is 1.04 bits per heavy atom. The van der Waals surface area contributed by atoms with E-state index in [2.05, 4.69) is 15.4 Å². The zero-order chi connectivity index (χ0) is 16.1. The van der Waals surface area contributed by atoms with Gasteiger partial charge < -0.3 is 5.32 Å². The highest BCUT2D eigenvalue weighted by molar-refractivity contribution is 5.94. The molecular weight excluding hydrogens is 295 g/mol. The number of hydrogen-bond donors (Lipinski definition) is 1. The van der Waals surface area contributed by atoms with E-state index in [4.69, 9.17) is 0 Å². The van der Waals surface area contributed by atoms with Crippen molar-refractivity contribution in [2.45, 2.75) is 13.1 Å². The van der Waals surface area contributed by atoms with Crippen LogP contribution in [0, 0.1) is 5.82 Å². The first kappa shape index (κ1) is 14.9. The van der Waals surface area contributed by atoms with Crippen molar-refractivity contribution in [1.82, 2.24) is 20.1 Å². The predicted molar refractivity (Wildman–Crippen MR) is 83.1 cm³/mol. The summed E-state index contributed by atoms with van der Waals surface area (Å²) >= 11 is 0. The van der Waals surface area contributed by atoms with E-state index in [9.17, 15) is 9.18 Å². The van der Waals surface area contributed by atoms with Crippen LogP contribution in [0.3, 0.4) is 0 Å². The highest BCUT2D eigenvalue weighted by Gasteiger charge is 2.05. The van der Waals surface area contributed by atoms with Crippen molar-refractivity contribution in [2.24, 2.45) is 0 Å². The third-order valence-electron chi connectivity index (χ3n) is 3.39. The first-order valence-electron chi connectivity index (χ1n) is 7.15. The van der Waals surface area contributed by atoms with Gasteiger partial charge in [0.25, 0.3) is 5.91 Å². The molecule has 0 saturated heterocycles. The fourth-order valence-corrected chi connectivity index (χ4v) is 2.15. The molecule has 0 saturated carbocycles. The maximum atomic E-state index is 12.8. The molecule has 3 rings (SSSR count). The summed E-state index contributed by atoms with van der Waals surface area (Å²) in [5.41, 5.74) is 2.46. The Balaban J connectivity index is 1.58. The van der Waals surface area contributed by atoms with Gasteiger partial charge in [0.15, 0.2) is 0 Å². The third-order valence-corrected chi connectivity index (χ3v) is 3.39. The number of nitrogens with zero attached hydrogens (tertiary/aromatic N) is 3. The van der Waals surface area contributed by atoms with Gasteiger partial charge in [-0.05, 0) is 35.4 Å². The molecule has 1 amide bonds. The molecular formula is C17H15FN4O. The van der Waals surface area contributed by atoms with Gasteiger partial charge in [-0.2, -0.15) is 5.10 Å². The summed E-state index contributed by atoms with van der Waals surface area (Å²) in [5, 5.41) is 6.85. The maximum Gasteiger partial charge on any atom is 0.251 e. The van der Waals surface area contributed by atoms with Crippen LogP contribution in [-0.4, -0.2) is 20.7 Å². The summed E-state index contributed by atoms with van der Waals surface area (Å²) < 4.78 is 14.5. The average Bonchev–Trinajstić information content (AvgIpc) is 3.08. The van der Waals surface area contributed by atoms with Gasteiger partial charge in [-0.3, -0.25) is 4.79 Å². The Kier molecular flexibility index (Phi) is 4.42. The minimum atomic E-state index is -0.289. The number of nitrogens with one attached hydrogen (secondary N) is 1. The van der Waals surface area contributed by atoms with E-state index < -0.39 is 0 Å². The number of carbonyl (C=O) groups is 1. The zero-order valence-electron chi connectivity index (χ0n) is 12.3. The topological polar surface area (TPSA) is 59.8 Å². The molecule has 0 unspecified atom stereocenters. The Hall–Kier alpha value is -3.02. The SMILES string of the molecule is O=C(NCc1ccc(F)cc1)c1ccc(Cn2cncn2)cc1. The second-order valence-electron chi connectivity index (χ2n) is 5.10. The summed E-state index contributed by atoms with van der Waals surface area (Å²) in [6.45, 7) is 0.970. The summed E-state index contributed by atoms with van der Waals surface area (Å²) in [6, 6.07) is 13.4. The van der Waals surface area contributed by atoms with E-state index >= 15 is 0 Å². The van der Waals surface area contributed by atoms with E-state index in [1.54, 1.807) is 35.3 Å². The lowest BCUT2D eigenvalue weighted by Crippen LogP contribution is -2.22. The average molecular weight is 310 g/mol. The van der Waals surface area contributed by atoms with E-state index in [1.165, 1.54) is 18.5 Å². The summed E-state index contributed by atoms with van der Waals surface area (Å²) in [4.78, 5) is 16.0. The third kappa shape index (κ3) is 4.00. The monoisotopic (exact) mass is 310 g/mol. The minimum Gasteiger partial charge on any atom is -0.348 e. The van der Waals surface area contributed by atoms with Crippen LogP contribution >= 0.6 is 0 Å². The zero-order valence-corrected chi connectivity index (χ0v) is 12.3. The number of aromatic nitrogens is 3. The van der Waals surface area contributed by atoms with Crippen molar-refractivity contribution < 1.29 is 9.18 Å². The van der Waals surface area contributed by atoms with E-state index in [-0.39, 0.29) is 11.7 Å². The Morgan fingerprint density at radius 3 is 2.39 bits per heavy atom. The molecule has 6 heteroatoms. The van der Waals surface area contributed by atoms with Crippen molar-refractivity contribution >= 4 is 5.91 Å². The van der Waals surface area contributed by atoms with Crippen LogP contribution in [-0.2, 0) is 13.1 Å². The van der Waals surface area contributed by atoms with Crippen LogP contribution in [0.4, 0.5) is 4.39 Å². The lowest BCUT2D eigenvalue weighted by Gasteiger charge is -2.07. The molecule has 23 heavy (non-hydrogen) atoms. The Morgan fingerprint density at radius 2 is 1.74 bits per heavy atom. The molecule has 3 aromatic rings. The molecule has 5 nitrogen and oxygen atoms in total. The molecule has 0 aliphatic rings. The highest BCUT2D eigenvalue weighted by atomic mass is 19.1. The Labute approximate surface area is 132 Å². The molecule has 0 bridgehead atoms. The molecule has 1 heterocycles. The van der Waals surface area contributed by atoms with Gasteiger partial charge in [0.2, 0.25) is 0 Å². The molecule has 0 radical (unpaired) electrons. The number of benzene rings is 2. The fourth-order valence-electron chi connectivity index (χ4n) is 2.15. The number of carbonyl (C=O) groups excluding carboxylic acids is 1. The maximum absolute atomic E-state index is 12.8. The highest BCUT2D eigenvalue weighted by Crippen LogP contribution is 2.07. The van der Waals surface area contributed by atoms with Gasteiger partial charge in [-0.15, -0.1) is 0 Å². The van der Waals surface area contributed by atoms with Crippen LogP contribution in [0.2, 0.25) is 0 Å². The summed E-state index contributed by atoms with van der Waals surface area (Å²) in [6.07, 6.45) is 3.13. The molecule has 1 aromatic heterocycles. The van der Waals surface area contributed by atoms with Crippen LogP contribution < -0.4 is 5.32 Å². The molecule has 1 N–H and O–H groups in total. The fraction of sp³-hybridized carbons (Fsp3) is 0.118. The quantitative estimate of drug-likeness (QED) is 0.787. The summed E-state index contributed by atoms with van der Waals surface area (Å²) in [7, 11) is 0.